The molecule has 3 atom stereocenters. The number of nitrogens with one attached hydrogen (secondary N) is 1. The summed E-state index contributed by atoms with van der Waals surface area (Å²) in [7, 11) is 0. The molecular weight excluding hydrogens is 512 g/mol. The summed E-state index contributed by atoms with van der Waals surface area (Å²) in [5.41, 5.74) is 21.2. The molecule has 3 aromatic carbocycles. The van der Waals surface area contributed by atoms with Crippen LogP contribution in [-0.4, -0.2) is 23.5 Å². The maximum absolute atomic E-state index is 14.0. The van der Waals surface area contributed by atoms with Crippen molar-refractivity contribution < 1.29 is 19.1 Å². The fourth-order valence-corrected chi connectivity index (χ4v) is 6.99. The maximum atomic E-state index is 14.0. The van der Waals surface area contributed by atoms with Crippen LogP contribution in [-0.2, 0) is 15.1 Å². The number of thiophene rings is 1. The molecule has 8 nitrogen and oxygen atoms in total. The summed E-state index contributed by atoms with van der Waals surface area (Å²) < 4.78 is 6.63. The molecule has 39 heavy (non-hydrogen) atoms. The van der Waals surface area contributed by atoms with Crippen molar-refractivity contribution in [3.05, 3.63) is 87.8 Å². The van der Waals surface area contributed by atoms with Gasteiger partial charge in [-0.2, -0.15) is 0 Å². The molecule has 2 aliphatic rings. The molecule has 198 valence electrons. The van der Waals surface area contributed by atoms with Gasteiger partial charge in [-0.1, -0.05) is 30.3 Å². The Labute approximate surface area is 229 Å². The Morgan fingerprint density at radius 2 is 1.79 bits per heavy atom. The second-order valence-electron chi connectivity index (χ2n) is 10.2. The number of benzene rings is 3. The molecule has 1 heterocycles. The second-order valence-corrected chi connectivity index (χ2v) is 11.3. The van der Waals surface area contributed by atoms with Crippen LogP contribution in [0.3, 0.4) is 0 Å². The number of nitrogens with two attached hydrogens (primary N) is 3. The monoisotopic (exact) mass is 540 g/mol. The van der Waals surface area contributed by atoms with Crippen LogP contribution in [0.5, 0.6) is 11.5 Å². The summed E-state index contributed by atoms with van der Waals surface area (Å²) in [6, 6.07) is 16.9. The summed E-state index contributed by atoms with van der Waals surface area (Å²) in [5, 5.41) is 3.59. The maximum Gasteiger partial charge on any atom is 0.261 e. The van der Waals surface area contributed by atoms with Crippen LogP contribution in [0, 0.1) is 6.92 Å². The van der Waals surface area contributed by atoms with Gasteiger partial charge in [-0.05, 0) is 60.4 Å². The number of hydrogen-bond donors (Lipinski definition) is 4. The van der Waals surface area contributed by atoms with E-state index in [0.717, 1.165) is 5.56 Å². The zero-order chi connectivity index (χ0) is 27.5. The van der Waals surface area contributed by atoms with Crippen LogP contribution >= 0.6 is 11.3 Å². The molecule has 0 radical (unpaired) electrons. The molecule has 4 aromatic rings. The molecule has 9 heteroatoms. The minimum Gasteiger partial charge on any atom is -0.457 e. The van der Waals surface area contributed by atoms with E-state index in [1.165, 1.54) is 11.3 Å². The SMILES string of the molecule is Cc1cc(Oc2ccccc2)ccc1C1(N)C(=O)C(N)c2c(C(=O)NC3CCC(=O)C3)sc3c(N)ccc1c23. The van der Waals surface area contributed by atoms with Gasteiger partial charge in [0.25, 0.3) is 5.91 Å². The number of ketones is 2. The number of Topliss-reactive ketones (excluding diaryl/α,β-unsaturated/α-hetero) is 2. The predicted octanol–water partition coefficient (Wildman–Crippen LogP) is 4.22. The third-order valence-electron chi connectivity index (χ3n) is 7.70. The second kappa shape index (κ2) is 9.30. The zero-order valence-corrected chi connectivity index (χ0v) is 22.1. The topological polar surface area (TPSA) is 151 Å². The predicted molar refractivity (Wildman–Crippen MR) is 151 cm³/mol. The average Bonchev–Trinajstić information content (AvgIpc) is 3.52. The summed E-state index contributed by atoms with van der Waals surface area (Å²) in [6.45, 7) is 1.88. The number of nitrogen functional groups attached to an aromatic ring is 1. The number of carbonyl (C=O) groups excluding carboxylic acids is 3. The first-order valence-electron chi connectivity index (χ1n) is 12.8. The van der Waals surface area contributed by atoms with Gasteiger partial charge in [0.2, 0.25) is 0 Å². The normalized spacial score (nSPS) is 22.3. The van der Waals surface area contributed by atoms with Gasteiger partial charge in [-0.3, -0.25) is 14.4 Å². The highest BCUT2D eigenvalue weighted by atomic mass is 32.1. The van der Waals surface area contributed by atoms with Crippen molar-refractivity contribution in [3.8, 4) is 11.5 Å². The fraction of sp³-hybridized carbons (Fsp3) is 0.233. The lowest BCUT2D eigenvalue weighted by atomic mass is 9.69. The van der Waals surface area contributed by atoms with Gasteiger partial charge >= 0.3 is 0 Å². The van der Waals surface area contributed by atoms with E-state index in [2.05, 4.69) is 5.32 Å². The van der Waals surface area contributed by atoms with Crippen LogP contribution in [0.2, 0.25) is 0 Å². The van der Waals surface area contributed by atoms with Crippen molar-refractivity contribution >= 4 is 44.6 Å². The molecule has 1 amide bonds. The first-order valence-corrected chi connectivity index (χ1v) is 13.6. The third-order valence-corrected chi connectivity index (χ3v) is 8.96. The molecule has 1 fully saturated rings. The third kappa shape index (κ3) is 4.01. The smallest absolute Gasteiger partial charge is 0.261 e. The number of hydrogen-bond acceptors (Lipinski definition) is 8. The zero-order valence-electron chi connectivity index (χ0n) is 21.3. The standard InChI is InChI=1S/C30H28N4O4S/c1-15-13-19(38-18-5-3-2-4-6-18)9-10-20(15)30(33)21-11-12-22(31)26-23(21)24(25(32)28(30)36)27(39-26)29(37)34-16-7-8-17(35)14-16/h2-6,9-13,16,25H,7-8,14,31-33H2,1H3,(H,34,37). The molecule has 7 N–H and O–H groups in total. The minimum absolute atomic E-state index is 0.125. The number of amides is 1. The number of rotatable bonds is 5. The Kier molecular flexibility index (Phi) is 6.02. The molecule has 2 aliphatic carbocycles. The minimum atomic E-state index is -1.56. The van der Waals surface area contributed by atoms with E-state index in [1.54, 1.807) is 24.3 Å². The number of para-hydroxylation sites is 1. The van der Waals surface area contributed by atoms with Crippen molar-refractivity contribution in [3.63, 3.8) is 0 Å². The highest BCUT2D eigenvalue weighted by Crippen LogP contribution is 2.50. The van der Waals surface area contributed by atoms with E-state index in [1.807, 2.05) is 43.3 Å². The molecule has 1 aromatic heterocycles. The van der Waals surface area contributed by atoms with Gasteiger partial charge < -0.3 is 27.3 Å². The van der Waals surface area contributed by atoms with E-state index >= 15 is 0 Å². The van der Waals surface area contributed by atoms with Crippen LogP contribution < -0.4 is 27.3 Å². The first kappa shape index (κ1) is 25.2. The number of anilines is 1. The van der Waals surface area contributed by atoms with E-state index in [0.29, 0.717) is 68.1 Å². The summed E-state index contributed by atoms with van der Waals surface area (Å²) in [6.07, 6.45) is 1.35. The van der Waals surface area contributed by atoms with Crippen LogP contribution in [0.1, 0.15) is 57.2 Å². The Balaban J connectivity index is 1.45. The molecule has 6 rings (SSSR count). The average molecular weight is 541 g/mol. The van der Waals surface area contributed by atoms with E-state index in [9.17, 15) is 14.4 Å². The summed E-state index contributed by atoms with van der Waals surface area (Å²) in [4.78, 5) is 39.5. The molecule has 0 spiro atoms. The van der Waals surface area contributed by atoms with Crippen LogP contribution in [0.4, 0.5) is 5.69 Å². The lowest BCUT2D eigenvalue weighted by Crippen LogP contribution is -2.53. The lowest BCUT2D eigenvalue weighted by Gasteiger charge is -2.37. The van der Waals surface area contributed by atoms with Crippen molar-refractivity contribution in [1.82, 2.24) is 5.32 Å². The summed E-state index contributed by atoms with van der Waals surface area (Å²) >= 11 is 1.20. The number of ether oxygens (including phenoxy) is 1. The highest BCUT2D eigenvalue weighted by Gasteiger charge is 2.49. The van der Waals surface area contributed by atoms with Crippen molar-refractivity contribution in [2.75, 3.05) is 5.73 Å². The Bertz CT molecular complexity index is 1660. The Hall–Kier alpha value is -4.05. The number of carbonyl (C=O) groups is 3. The largest absolute Gasteiger partial charge is 0.457 e. The molecule has 0 bridgehead atoms. The molecule has 1 saturated carbocycles. The first-order chi connectivity index (χ1) is 18.7. The van der Waals surface area contributed by atoms with Crippen molar-refractivity contribution in [2.24, 2.45) is 11.5 Å². The quantitative estimate of drug-likeness (QED) is 0.277. The molecule has 0 aliphatic heterocycles. The van der Waals surface area contributed by atoms with Crippen molar-refractivity contribution in [1.29, 1.82) is 0 Å². The number of aryl methyl sites for hydroxylation is 1. The van der Waals surface area contributed by atoms with Gasteiger partial charge in [0.15, 0.2) is 5.78 Å². The van der Waals surface area contributed by atoms with Gasteiger partial charge in [0, 0.05) is 35.5 Å². The molecule has 0 saturated heterocycles. The van der Waals surface area contributed by atoms with Crippen LogP contribution in [0.25, 0.3) is 10.1 Å². The lowest BCUT2D eigenvalue weighted by molar-refractivity contribution is -0.124. The van der Waals surface area contributed by atoms with Gasteiger partial charge in [0.05, 0.1) is 15.6 Å². The summed E-state index contributed by atoms with van der Waals surface area (Å²) in [5.74, 6) is 0.660. The Morgan fingerprint density at radius 1 is 1.05 bits per heavy atom. The highest BCUT2D eigenvalue weighted by molar-refractivity contribution is 7.21. The Morgan fingerprint density at radius 3 is 2.49 bits per heavy atom. The van der Waals surface area contributed by atoms with Gasteiger partial charge in [-0.15, -0.1) is 11.3 Å². The molecular formula is C30H28N4O4S. The van der Waals surface area contributed by atoms with Crippen LogP contribution in [0.15, 0.2) is 60.7 Å². The fourth-order valence-electron chi connectivity index (χ4n) is 5.78. The van der Waals surface area contributed by atoms with E-state index in [4.69, 9.17) is 21.9 Å². The molecule has 3 unspecified atom stereocenters. The van der Waals surface area contributed by atoms with E-state index < -0.39 is 17.4 Å². The van der Waals surface area contributed by atoms with E-state index in [-0.39, 0.29) is 17.7 Å². The van der Waals surface area contributed by atoms with Gasteiger partial charge in [0.1, 0.15) is 22.8 Å². The van der Waals surface area contributed by atoms with Crippen molar-refractivity contribution in [2.45, 2.75) is 43.8 Å². The van der Waals surface area contributed by atoms with Gasteiger partial charge in [-0.25, -0.2) is 0 Å².